The third-order valence-corrected chi connectivity index (χ3v) is 7.83. The SMILES string of the molecule is Cn1c(=O)c(=O)n(C)c2cc(S(=O)(=O)N3CCC[C@@H]3C(=O)Nc3nccs3)ccc21. The largest absolute Gasteiger partial charge is 0.316 e. The minimum atomic E-state index is -4.00. The van der Waals surface area contributed by atoms with Crippen LogP contribution in [-0.4, -0.2) is 45.3 Å². The van der Waals surface area contributed by atoms with Crippen LogP contribution < -0.4 is 16.4 Å². The molecule has 3 aromatic rings. The van der Waals surface area contributed by atoms with E-state index in [9.17, 15) is 22.8 Å². The van der Waals surface area contributed by atoms with Gasteiger partial charge in [-0.2, -0.15) is 4.31 Å². The van der Waals surface area contributed by atoms with Crippen molar-refractivity contribution in [3.05, 3.63) is 50.5 Å². The number of hydrogen-bond acceptors (Lipinski definition) is 7. The Balaban J connectivity index is 1.74. The van der Waals surface area contributed by atoms with E-state index in [0.29, 0.717) is 29.0 Å². The summed E-state index contributed by atoms with van der Waals surface area (Å²) in [7, 11) is -1.13. The van der Waals surface area contributed by atoms with Crippen LogP contribution in [0.3, 0.4) is 0 Å². The van der Waals surface area contributed by atoms with Crippen molar-refractivity contribution in [2.75, 3.05) is 11.9 Å². The van der Waals surface area contributed by atoms with E-state index >= 15 is 0 Å². The molecular weight excluding hydrogens is 430 g/mol. The number of hydrogen-bond donors (Lipinski definition) is 1. The van der Waals surface area contributed by atoms with Crippen molar-refractivity contribution in [2.24, 2.45) is 14.1 Å². The quantitative estimate of drug-likeness (QED) is 0.578. The standard InChI is InChI=1S/C18H19N5O5S2/c1-21-12-6-5-11(10-14(12)22(2)17(26)16(21)25)30(27,28)23-8-3-4-13(23)15(24)20-18-19-7-9-29-18/h5-7,9-10,13H,3-4,8H2,1-2H3,(H,19,20,24)/t13-/m1/s1. The predicted molar refractivity (Wildman–Crippen MR) is 112 cm³/mol. The Kier molecular flexibility index (Phi) is 5.08. The molecule has 1 atom stereocenters. The van der Waals surface area contributed by atoms with Crippen molar-refractivity contribution < 1.29 is 13.2 Å². The molecular formula is C18H19N5O5S2. The van der Waals surface area contributed by atoms with Gasteiger partial charge in [0.1, 0.15) is 6.04 Å². The smallest absolute Gasteiger partial charge is 0.305 e. The van der Waals surface area contributed by atoms with Gasteiger partial charge < -0.3 is 14.5 Å². The van der Waals surface area contributed by atoms with Gasteiger partial charge in [-0.05, 0) is 31.0 Å². The van der Waals surface area contributed by atoms with Crippen molar-refractivity contribution in [3.63, 3.8) is 0 Å². The van der Waals surface area contributed by atoms with Gasteiger partial charge in [0.05, 0.1) is 15.9 Å². The Bertz CT molecular complexity index is 1360. The van der Waals surface area contributed by atoms with Gasteiger partial charge in [-0.1, -0.05) is 0 Å². The fourth-order valence-electron chi connectivity index (χ4n) is 3.62. The zero-order chi connectivity index (χ0) is 21.6. The fourth-order valence-corrected chi connectivity index (χ4v) is 5.83. The van der Waals surface area contributed by atoms with Gasteiger partial charge in [0, 0.05) is 32.2 Å². The highest BCUT2D eigenvalue weighted by atomic mass is 32.2. The molecule has 0 radical (unpaired) electrons. The van der Waals surface area contributed by atoms with Crippen molar-refractivity contribution in [2.45, 2.75) is 23.8 Å². The molecule has 1 saturated heterocycles. The maximum Gasteiger partial charge on any atom is 0.316 e. The molecule has 0 bridgehead atoms. The van der Waals surface area contributed by atoms with Crippen LogP contribution >= 0.6 is 11.3 Å². The van der Waals surface area contributed by atoms with Crippen LogP contribution in [0, 0.1) is 0 Å². The number of sulfonamides is 1. The highest BCUT2D eigenvalue weighted by molar-refractivity contribution is 7.89. The van der Waals surface area contributed by atoms with Crippen LogP contribution in [0.25, 0.3) is 11.0 Å². The van der Waals surface area contributed by atoms with E-state index in [2.05, 4.69) is 10.3 Å². The number of rotatable bonds is 4. The Morgan fingerprint density at radius 1 is 1.17 bits per heavy atom. The Morgan fingerprint density at radius 2 is 1.87 bits per heavy atom. The van der Waals surface area contributed by atoms with E-state index < -0.39 is 33.1 Å². The van der Waals surface area contributed by atoms with Gasteiger partial charge in [-0.25, -0.2) is 13.4 Å². The lowest BCUT2D eigenvalue weighted by Gasteiger charge is -2.23. The first kappa shape index (κ1) is 20.4. The van der Waals surface area contributed by atoms with Crippen LogP contribution in [0.15, 0.2) is 44.3 Å². The van der Waals surface area contributed by atoms with E-state index in [1.165, 1.54) is 52.5 Å². The molecule has 1 aromatic carbocycles. The maximum atomic E-state index is 13.3. The molecule has 12 heteroatoms. The number of carbonyl (C=O) groups excluding carboxylic acids is 1. The first-order chi connectivity index (χ1) is 14.2. The summed E-state index contributed by atoms with van der Waals surface area (Å²) in [6, 6.07) is 3.39. The van der Waals surface area contributed by atoms with E-state index in [0.717, 1.165) is 4.57 Å². The minimum Gasteiger partial charge on any atom is -0.305 e. The number of aryl methyl sites for hydroxylation is 2. The lowest BCUT2D eigenvalue weighted by Crippen LogP contribution is -2.43. The van der Waals surface area contributed by atoms with Gasteiger partial charge in [0.25, 0.3) is 0 Å². The number of nitrogens with zero attached hydrogens (tertiary/aromatic N) is 4. The zero-order valence-electron chi connectivity index (χ0n) is 16.2. The molecule has 0 spiro atoms. The number of thiazole rings is 1. The molecule has 3 heterocycles. The van der Waals surface area contributed by atoms with Crippen LogP contribution in [0.5, 0.6) is 0 Å². The molecule has 1 N–H and O–H groups in total. The lowest BCUT2D eigenvalue weighted by atomic mass is 10.2. The van der Waals surface area contributed by atoms with Gasteiger partial charge in [-0.3, -0.25) is 14.4 Å². The third kappa shape index (κ3) is 3.26. The van der Waals surface area contributed by atoms with Gasteiger partial charge >= 0.3 is 11.1 Å². The first-order valence-electron chi connectivity index (χ1n) is 9.14. The molecule has 30 heavy (non-hydrogen) atoms. The van der Waals surface area contributed by atoms with Crippen molar-refractivity contribution in [3.8, 4) is 0 Å². The van der Waals surface area contributed by atoms with E-state index in [-0.39, 0.29) is 11.4 Å². The van der Waals surface area contributed by atoms with Gasteiger partial charge in [-0.15, -0.1) is 11.3 Å². The minimum absolute atomic E-state index is 0.0439. The molecule has 0 aliphatic carbocycles. The molecule has 158 valence electrons. The second-order valence-corrected chi connectivity index (χ2v) is 9.76. The number of nitrogens with one attached hydrogen (secondary N) is 1. The monoisotopic (exact) mass is 449 g/mol. The summed E-state index contributed by atoms with van der Waals surface area (Å²) in [5.74, 6) is -0.429. The maximum absolute atomic E-state index is 13.3. The predicted octanol–water partition coefficient (Wildman–Crippen LogP) is 0.486. The first-order valence-corrected chi connectivity index (χ1v) is 11.5. The van der Waals surface area contributed by atoms with E-state index in [4.69, 9.17) is 0 Å². The summed E-state index contributed by atoms with van der Waals surface area (Å²) >= 11 is 1.25. The molecule has 0 unspecified atom stereocenters. The van der Waals surface area contributed by atoms with Crippen molar-refractivity contribution >= 4 is 43.4 Å². The van der Waals surface area contributed by atoms with Gasteiger partial charge in [0.2, 0.25) is 15.9 Å². The Morgan fingerprint density at radius 3 is 2.53 bits per heavy atom. The Labute approximate surface area is 175 Å². The zero-order valence-corrected chi connectivity index (χ0v) is 17.9. The normalized spacial score (nSPS) is 17.5. The van der Waals surface area contributed by atoms with Crippen LogP contribution in [0.4, 0.5) is 5.13 Å². The molecule has 10 nitrogen and oxygen atoms in total. The van der Waals surface area contributed by atoms with Gasteiger partial charge in [0.15, 0.2) is 5.13 Å². The third-order valence-electron chi connectivity index (χ3n) is 5.24. The van der Waals surface area contributed by atoms with Crippen molar-refractivity contribution in [1.82, 2.24) is 18.4 Å². The van der Waals surface area contributed by atoms with Crippen LogP contribution in [0.1, 0.15) is 12.8 Å². The molecule has 1 aliphatic heterocycles. The molecule has 4 rings (SSSR count). The highest BCUT2D eigenvalue weighted by Gasteiger charge is 2.39. The summed E-state index contributed by atoms with van der Waals surface area (Å²) < 4.78 is 30.1. The molecule has 1 amide bonds. The second kappa shape index (κ2) is 7.45. The topological polar surface area (TPSA) is 123 Å². The average molecular weight is 450 g/mol. The summed E-state index contributed by atoms with van der Waals surface area (Å²) in [4.78, 5) is 40.7. The summed E-state index contributed by atoms with van der Waals surface area (Å²) in [6.45, 7) is 0.211. The molecule has 2 aromatic heterocycles. The van der Waals surface area contributed by atoms with E-state index in [1.807, 2.05) is 0 Å². The summed E-state index contributed by atoms with van der Waals surface area (Å²) in [5, 5.41) is 4.78. The average Bonchev–Trinajstić information content (AvgIpc) is 3.42. The second-order valence-electron chi connectivity index (χ2n) is 6.98. The molecule has 0 saturated carbocycles. The van der Waals surface area contributed by atoms with Crippen LogP contribution in [0.2, 0.25) is 0 Å². The van der Waals surface area contributed by atoms with Crippen LogP contribution in [-0.2, 0) is 28.9 Å². The summed E-state index contributed by atoms with van der Waals surface area (Å²) in [5.41, 5.74) is -0.702. The number of carbonyl (C=O) groups is 1. The number of aromatic nitrogens is 3. The number of benzene rings is 1. The van der Waals surface area contributed by atoms with E-state index in [1.54, 1.807) is 11.6 Å². The summed E-state index contributed by atoms with van der Waals surface area (Å²) in [6.07, 6.45) is 2.50. The number of anilines is 1. The highest BCUT2D eigenvalue weighted by Crippen LogP contribution is 2.28. The number of amides is 1. The number of fused-ring (bicyclic) bond motifs is 1. The van der Waals surface area contributed by atoms with Crippen molar-refractivity contribution in [1.29, 1.82) is 0 Å². The lowest BCUT2D eigenvalue weighted by molar-refractivity contribution is -0.119. The molecule has 1 fully saturated rings. The molecule has 1 aliphatic rings. The Hall–Kier alpha value is -2.83. The fraction of sp³-hybridized carbons (Fsp3) is 0.333.